The van der Waals surface area contributed by atoms with Crippen LogP contribution in [0.25, 0.3) is 11.3 Å². The summed E-state index contributed by atoms with van der Waals surface area (Å²) in [6.07, 6.45) is 8.50. The molecule has 2 aromatic rings. The summed E-state index contributed by atoms with van der Waals surface area (Å²) in [6.45, 7) is 2.05. The van der Waals surface area contributed by atoms with Gasteiger partial charge in [0.15, 0.2) is 18.1 Å². The van der Waals surface area contributed by atoms with Gasteiger partial charge in [-0.1, -0.05) is 6.92 Å². The Morgan fingerprint density at radius 2 is 2.35 bits per heavy atom. The Morgan fingerprint density at radius 3 is 3.12 bits per heavy atom. The van der Waals surface area contributed by atoms with Crippen molar-refractivity contribution in [2.75, 3.05) is 0 Å². The lowest BCUT2D eigenvalue weighted by Gasteiger charge is -1.98. The van der Waals surface area contributed by atoms with E-state index in [1.54, 1.807) is 6.26 Å². The van der Waals surface area contributed by atoms with Gasteiger partial charge < -0.3 is 4.74 Å². The third-order valence-electron chi connectivity index (χ3n) is 2.18. The first kappa shape index (κ1) is 11.7. The number of hydrogen-bond acceptors (Lipinski definition) is 4. The molecule has 2 rings (SSSR count). The molecule has 0 spiro atoms. The lowest BCUT2D eigenvalue weighted by molar-refractivity contribution is -0.671. The summed E-state index contributed by atoms with van der Waals surface area (Å²) < 4.78 is 15.8. The number of pyridine rings is 1. The second-order valence-electron chi connectivity index (χ2n) is 3.57. The quantitative estimate of drug-likeness (QED) is 0.616. The van der Waals surface area contributed by atoms with E-state index in [2.05, 4.69) is 15.7 Å². The Balaban J connectivity index is 2.27. The Bertz CT molecular complexity index is 522. The maximum Gasteiger partial charge on any atom is 0.259 e. The average Bonchev–Trinajstić information content (AvgIpc) is 2.78. The molecule has 0 saturated heterocycles. The highest BCUT2D eigenvalue weighted by molar-refractivity contribution is 6.99. The first-order valence-corrected chi connectivity index (χ1v) is 6.14. The fraction of sp³-hybridized carbons (Fsp3) is 0.250. The molecule has 0 fully saturated rings. The number of aromatic nitrogens is 3. The Hall–Kier alpha value is -1.75. The SMILES string of the molecule is CCC=COc1nsnc1-c1ccc[n+](C)c1. The molecule has 0 saturated carbocycles. The van der Waals surface area contributed by atoms with Crippen LogP contribution in [0.5, 0.6) is 5.88 Å². The number of ether oxygens (including phenoxy) is 1. The molecule has 0 radical (unpaired) electrons. The number of hydrogen-bond donors (Lipinski definition) is 0. The third kappa shape index (κ3) is 2.88. The Morgan fingerprint density at radius 1 is 1.47 bits per heavy atom. The molecule has 0 atom stereocenters. The highest BCUT2D eigenvalue weighted by Crippen LogP contribution is 2.26. The zero-order chi connectivity index (χ0) is 12.1. The Kier molecular flexibility index (Phi) is 3.82. The predicted octanol–water partition coefficient (Wildman–Crippen LogP) is 2.33. The average molecular weight is 248 g/mol. The first-order valence-electron chi connectivity index (χ1n) is 5.41. The first-order chi connectivity index (χ1) is 8.31. The lowest BCUT2D eigenvalue weighted by Crippen LogP contribution is -2.26. The molecule has 0 aliphatic rings. The predicted molar refractivity (Wildman–Crippen MR) is 66.6 cm³/mol. The molecule has 88 valence electrons. The number of aryl methyl sites for hydroxylation is 1. The maximum absolute atomic E-state index is 5.46. The topological polar surface area (TPSA) is 38.9 Å². The van der Waals surface area contributed by atoms with Gasteiger partial charge in [0.2, 0.25) is 0 Å². The van der Waals surface area contributed by atoms with E-state index in [0.29, 0.717) is 5.88 Å². The van der Waals surface area contributed by atoms with Gasteiger partial charge in [-0.3, -0.25) is 0 Å². The van der Waals surface area contributed by atoms with Crippen molar-refractivity contribution >= 4 is 11.7 Å². The smallest absolute Gasteiger partial charge is 0.259 e. The van der Waals surface area contributed by atoms with Crippen LogP contribution >= 0.6 is 11.7 Å². The summed E-state index contributed by atoms with van der Waals surface area (Å²) in [5, 5.41) is 0. The van der Waals surface area contributed by atoms with Gasteiger partial charge in [0.1, 0.15) is 7.05 Å². The number of allylic oxidation sites excluding steroid dienone is 1. The van der Waals surface area contributed by atoms with Gasteiger partial charge in [-0.15, -0.1) is 4.37 Å². The molecular formula is C12H14N3OS+. The van der Waals surface area contributed by atoms with Gasteiger partial charge in [-0.25, -0.2) is 4.57 Å². The van der Waals surface area contributed by atoms with Crippen LogP contribution < -0.4 is 9.30 Å². The number of rotatable bonds is 4. The van der Waals surface area contributed by atoms with E-state index >= 15 is 0 Å². The van der Waals surface area contributed by atoms with E-state index in [-0.39, 0.29) is 0 Å². The van der Waals surface area contributed by atoms with Crippen LogP contribution in [-0.4, -0.2) is 8.75 Å². The van der Waals surface area contributed by atoms with E-state index in [1.165, 1.54) is 0 Å². The molecular weight excluding hydrogens is 234 g/mol. The van der Waals surface area contributed by atoms with Crippen LogP contribution in [0.1, 0.15) is 13.3 Å². The normalized spacial score (nSPS) is 10.9. The molecule has 5 heteroatoms. The molecule has 2 aromatic heterocycles. The summed E-state index contributed by atoms with van der Waals surface area (Å²) in [6, 6.07) is 3.97. The zero-order valence-electron chi connectivity index (χ0n) is 9.83. The standard InChI is InChI=1S/C12H14N3OS/c1-3-4-8-16-12-11(13-17-14-12)10-6-5-7-15(2)9-10/h4-9H,3H2,1-2H3/q+1. The highest BCUT2D eigenvalue weighted by atomic mass is 32.1. The van der Waals surface area contributed by atoms with Crippen LogP contribution in [0.4, 0.5) is 0 Å². The van der Waals surface area contributed by atoms with Gasteiger partial charge in [0.05, 0.1) is 23.6 Å². The van der Waals surface area contributed by atoms with Gasteiger partial charge in [0, 0.05) is 6.07 Å². The van der Waals surface area contributed by atoms with Crippen molar-refractivity contribution in [2.45, 2.75) is 13.3 Å². The van der Waals surface area contributed by atoms with E-state index in [0.717, 1.165) is 29.4 Å². The van der Waals surface area contributed by atoms with Crippen LogP contribution in [-0.2, 0) is 7.05 Å². The van der Waals surface area contributed by atoms with Crippen molar-refractivity contribution in [3.63, 3.8) is 0 Å². The van der Waals surface area contributed by atoms with Crippen molar-refractivity contribution < 1.29 is 9.30 Å². The summed E-state index contributed by atoms with van der Waals surface area (Å²) in [5.74, 6) is 0.561. The minimum Gasteiger partial charge on any atom is -0.445 e. The Labute approximate surface area is 105 Å². The van der Waals surface area contributed by atoms with Crippen LogP contribution in [0, 0.1) is 0 Å². The van der Waals surface area contributed by atoms with E-state index in [9.17, 15) is 0 Å². The van der Waals surface area contributed by atoms with Gasteiger partial charge in [-0.05, 0) is 18.6 Å². The summed E-state index contributed by atoms with van der Waals surface area (Å²) in [7, 11) is 1.97. The molecule has 2 heterocycles. The molecule has 0 aromatic carbocycles. The monoisotopic (exact) mass is 248 g/mol. The second-order valence-corrected chi connectivity index (χ2v) is 4.10. The largest absolute Gasteiger partial charge is 0.445 e. The highest BCUT2D eigenvalue weighted by Gasteiger charge is 2.13. The molecule has 4 nitrogen and oxygen atoms in total. The fourth-order valence-electron chi connectivity index (χ4n) is 1.37. The van der Waals surface area contributed by atoms with Crippen molar-refractivity contribution in [3.8, 4) is 17.1 Å². The van der Waals surface area contributed by atoms with E-state index in [4.69, 9.17) is 4.74 Å². The molecule has 17 heavy (non-hydrogen) atoms. The molecule has 0 amide bonds. The molecule has 0 bridgehead atoms. The van der Waals surface area contributed by atoms with E-state index < -0.39 is 0 Å². The van der Waals surface area contributed by atoms with Crippen molar-refractivity contribution in [2.24, 2.45) is 7.05 Å². The van der Waals surface area contributed by atoms with Gasteiger partial charge >= 0.3 is 0 Å². The molecule has 0 unspecified atom stereocenters. The van der Waals surface area contributed by atoms with Crippen LogP contribution in [0.3, 0.4) is 0 Å². The number of nitrogens with zero attached hydrogens (tertiary/aromatic N) is 3. The molecule has 0 N–H and O–H groups in total. The van der Waals surface area contributed by atoms with Crippen molar-refractivity contribution in [1.29, 1.82) is 0 Å². The molecule has 0 aliphatic heterocycles. The van der Waals surface area contributed by atoms with Crippen molar-refractivity contribution in [3.05, 3.63) is 36.9 Å². The van der Waals surface area contributed by atoms with Crippen LogP contribution in [0.15, 0.2) is 36.9 Å². The van der Waals surface area contributed by atoms with Crippen LogP contribution in [0.2, 0.25) is 0 Å². The minimum absolute atomic E-state index is 0.561. The maximum atomic E-state index is 5.46. The fourth-order valence-corrected chi connectivity index (χ4v) is 1.88. The third-order valence-corrected chi connectivity index (χ3v) is 2.69. The van der Waals surface area contributed by atoms with Crippen molar-refractivity contribution in [1.82, 2.24) is 8.75 Å². The molecule has 0 aliphatic carbocycles. The summed E-state index contributed by atoms with van der Waals surface area (Å²) in [5.41, 5.74) is 1.79. The summed E-state index contributed by atoms with van der Waals surface area (Å²) in [4.78, 5) is 0. The zero-order valence-corrected chi connectivity index (χ0v) is 10.6. The van der Waals surface area contributed by atoms with E-state index in [1.807, 2.05) is 42.2 Å². The van der Waals surface area contributed by atoms with Gasteiger partial charge in [-0.2, -0.15) is 4.37 Å². The lowest BCUT2D eigenvalue weighted by atomic mass is 10.2. The minimum atomic E-state index is 0.561. The second kappa shape index (κ2) is 5.54. The van der Waals surface area contributed by atoms with Gasteiger partial charge in [0.25, 0.3) is 5.88 Å². The summed E-state index contributed by atoms with van der Waals surface area (Å²) >= 11 is 1.16.